The van der Waals surface area contributed by atoms with Crippen molar-refractivity contribution in [2.75, 3.05) is 12.0 Å². The minimum atomic E-state index is -0.559. The van der Waals surface area contributed by atoms with Crippen molar-refractivity contribution >= 4 is 17.3 Å². The highest BCUT2D eigenvalue weighted by Gasteiger charge is 2.36. The number of nitrogens with one attached hydrogen (secondary N) is 1. The number of allylic oxidation sites excluding steroid dienone is 1. The summed E-state index contributed by atoms with van der Waals surface area (Å²) in [6, 6.07) is 18.5. The molecule has 0 aliphatic carbocycles. The van der Waals surface area contributed by atoms with Gasteiger partial charge in [0.1, 0.15) is 11.6 Å². The smallest absolute Gasteiger partial charge is 0.326 e. The quantitative estimate of drug-likeness (QED) is 0.365. The number of carbonyl (C=O) groups excluding carboxylic acids is 1. The van der Waals surface area contributed by atoms with E-state index in [1.54, 1.807) is 24.1 Å². The topological polar surface area (TPSA) is 80.5 Å². The van der Waals surface area contributed by atoms with E-state index in [0.717, 1.165) is 22.4 Å². The summed E-state index contributed by atoms with van der Waals surface area (Å²) in [4.78, 5) is 19.7. The predicted octanol–water partition coefficient (Wildman–Crippen LogP) is 6.20. The summed E-state index contributed by atoms with van der Waals surface area (Å²) in [5, 5.41) is 7.24. The van der Waals surface area contributed by atoms with Gasteiger partial charge in [-0.3, -0.25) is 4.90 Å². The van der Waals surface area contributed by atoms with Crippen LogP contribution in [0.25, 0.3) is 17.0 Å². The fraction of sp³-hybridized carbons (Fsp3) is 0.179. The second-order valence-electron chi connectivity index (χ2n) is 8.77. The lowest BCUT2D eigenvalue weighted by molar-refractivity contribution is 0.244. The first-order valence-electron chi connectivity index (χ1n) is 11.5. The number of nitrogens with zero attached hydrogens (tertiary/aromatic N) is 3. The molecular weight excluding hydrogens is 459 g/mol. The molecule has 7 nitrogen and oxygen atoms in total. The number of methoxy groups -OCH3 is 1. The van der Waals surface area contributed by atoms with Gasteiger partial charge in [-0.2, -0.15) is 4.98 Å². The standard InChI is InChI=1S/C28H25FN4O3/c1-16-12-17(2)14-22(13-16)33-18(3)24(25(30-28(33)34)20-6-5-7-23(15-20)35-4)27-31-26(32-36-27)19-8-10-21(29)11-9-19/h5-15,25H,1-4H3,(H,30,34). The summed E-state index contributed by atoms with van der Waals surface area (Å²) < 4.78 is 24.5. The number of hydrogen-bond donors (Lipinski definition) is 1. The zero-order valence-corrected chi connectivity index (χ0v) is 20.4. The van der Waals surface area contributed by atoms with Crippen molar-refractivity contribution in [2.24, 2.45) is 0 Å². The van der Waals surface area contributed by atoms with Crippen LogP contribution in [0.1, 0.15) is 35.5 Å². The van der Waals surface area contributed by atoms with Gasteiger partial charge >= 0.3 is 6.03 Å². The molecule has 1 aromatic heterocycles. The van der Waals surface area contributed by atoms with Gasteiger partial charge in [-0.05, 0) is 86.0 Å². The average Bonchev–Trinajstić information content (AvgIpc) is 3.33. The minimum absolute atomic E-state index is 0.258. The highest BCUT2D eigenvalue weighted by molar-refractivity contribution is 6.01. The minimum Gasteiger partial charge on any atom is -0.497 e. The third-order valence-electron chi connectivity index (χ3n) is 6.14. The van der Waals surface area contributed by atoms with Crippen molar-refractivity contribution in [2.45, 2.75) is 26.8 Å². The number of rotatable bonds is 5. The van der Waals surface area contributed by atoms with Crippen molar-refractivity contribution < 1.29 is 18.4 Å². The molecule has 8 heteroatoms. The maximum absolute atomic E-state index is 13.4. The molecule has 4 aromatic rings. The van der Waals surface area contributed by atoms with Crippen LogP contribution in [0.3, 0.4) is 0 Å². The van der Waals surface area contributed by atoms with Gasteiger partial charge in [0.15, 0.2) is 0 Å². The molecule has 0 saturated heterocycles. The van der Waals surface area contributed by atoms with Crippen molar-refractivity contribution in [3.05, 3.63) is 101 Å². The monoisotopic (exact) mass is 484 g/mol. The number of anilines is 1. The Bertz CT molecular complexity index is 1460. The first-order chi connectivity index (χ1) is 17.3. The second-order valence-corrected chi connectivity index (χ2v) is 8.77. The Kier molecular flexibility index (Phi) is 6.01. The Morgan fingerprint density at radius 3 is 2.42 bits per heavy atom. The molecule has 5 rings (SSSR count). The van der Waals surface area contributed by atoms with Gasteiger partial charge in [0.05, 0.1) is 24.4 Å². The Hall–Kier alpha value is -4.46. The Labute approximate surface area is 208 Å². The van der Waals surface area contributed by atoms with Gasteiger partial charge in [-0.1, -0.05) is 23.4 Å². The van der Waals surface area contributed by atoms with Crippen LogP contribution in [0.15, 0.2) is 77.0 Å². The van der Waals surface area contributed by atoms with E-state index in [1.165, 1.54) is 12.1 Å². The van der Waals surface area contributed by atoms with Gasteiger partial charge in [0, 0.05) is 11.3 Å². The van der Waals surface area contributed by atoms with E-state index in [2.05, 4.69) is 21.5 Å². The van der Waals surface area contributed by atoms with E-state index >= 15 is 0 Å². The molecular formula is C28H25FN4O3. The molecule has 0 fully saturated rings. The van der Waals surface area contributed by atoms with Crippen LogP contribution in [-0.4, -0.2) is 23.3 Å². The largest absolute Gasteiger partial charge is 0.497 e. The summed E-state index contributed by atoms with van der Waals surface area (Å²) in [5.74, 6) is 0.893. The molecule has 2 heterocycles. The summed E-state index contributed by atoms with van der Waals surface area (Å²) >= 11 is 0. The van der Waals surface area contributed by atoms with E-state index in [1.807, 2.05) is 57.2 Å². The van der Waals surface area contributed by atoms with E-state index in [-0.39, 0.29) is 17.7 Å². The van der Waals surface area contributed by atoms with Gasteiger partial charge in [0.2, 0.25) is 5.82 Å². The summed E-state index contributed by atoms with van der Waals surface area (Å²) in [6.07, 6.45) is 0. The van der Waals surface area contributed by atoms with E-state index in [4.69, 9.17) is 9.26 Å². The van der Waals surface area contributed by atoms with Crippen molar-refractivity contribution in [1.29, 1.82) is 0 Å². The zero-order valence-electron chi connectivity index (χ0n) is 20.4. The Morgan fingerprint density at radius 1 is 1.00 bits per heavy atom. The Balaban J connectivity index is 1.67. The molecule has 182 valence electrons. The second kappa shape index (κ2) is 9.30. The van der Waals surface area contributed by atoms with Crippen LogP contribution in [0.5, 0.6) is 5.75 Å². The van der Waals surface area contributed by atoms with Crippen LogP contribution >= 0.6 is 0 Å². The SMILES string of the molecule is COc1cccc(C2NC(=O)N(c3cc(C)cc(C)c3)C(C)=C2c2nc(-c3ccc(F)cc3)no2)c1. The van der Waals surface area contributed by atoms with Gasteiger partial charge < -0.3 is 14.6 Å². The third kappa shape index (κ3) is 4.33. The number of halogens is 1. The lowest BCUT2D eigenvalue weighted by Gasteiger charge is -2.35. The predicted molar refractivity (Wildman–Crippen MR) is 135 cm³/mol. The van der Waals surface area contributed by atoms with Gasteiger partial charge in [-0.15, -0.1) is 0 Å². The normalized spacial score (nSPS) is 15.8. The number of amides is 2. The van der Waals surface area contributed by atoms with Crippen LogP contribution in [0.2, 0.25) is 0 Å². The number of ether oxygens (including phenoxy) is 1. The molecule has 1 unspecified atom stereocenters. The van der Waals surface area contributed by atoms with Crippen LogP contribution in [0, 0.1) is 19.7 Å². The number of hydrogen-bond acceptors (Lipinski definition) is 5. The van der Waals surface area contributed by atoms with Crippen molar-refractivity contribution in [3.63, 3.8) is 0 Å². The maximum atomic E-state index is 13.4. The number of urea groups is 1. The fourth-order valence-corrected chi connectivity index (χ4v) is 4.53. The molecule has 1 N–H and O–H groups in total. The van der Waals surface area contributed by atoms with E-state index in [0.29, 0.717) is 28.4 Å². The van der Waals surface area contributed by atoms with Gasteiger partial charge in [0.25, 0.3) is 5.89 Å². The lowest BCUT2D eigenvalue weighted by Crippen LogP contribution is -2.46. The van der Waals surface area contributed by atoms with E-state index in [9.17, 15) is 9.18 Å². The van der Waals surface area contributed by atoms with E-state index < -0.39 is 6.04 Å². The summed E-state index contributed by atoms with van der Waals surface area (Å²) in [5.41, 5.74) is 5.56. The summed E-state index contributed by atoms with van der Waals surface area (Å²) in [6.45, 7) is 5.84. The fourth-order valence-electron chi connectivity index (χ4n) is 4.53. The van der Waals surface area contributed by atoms with Crippen LogP contribution in [0.4, 0.5) is 14.9 Å². The highest BCUT2D eigenvalue weighted by atomic mass is 19.1. The van der Waals surface area contributed by atoms with Gasteiger partial charge in [-0.25, -0.2) is 9.18 Å². The first kappa shape index (κ1) is 23.3. The molecule has 2 amide bonds. The number of benzene rings is 3. The Morgan fingerprint density at radius 2 is 1.72 bits per heavy atom. The average molecular weight is 485 g/mol. The third-order valence-corrected chi connectivity index (χ3v) is 6.14. The molecule has 0 saturated carbocycles. The molecule has 1 aliphatic rings. The molecule has 0 bridgehead atoms. The number of carbonyl (C=O) groups is 1. The lowest BCUT2D eigenvalue weighted by atomic mass is 9.94. The van der Waals surface area contributed by atoms with Crippen molar-refractivity contribution in [3.8, 4) is 17.1 Å². The molecule has 3 aromatic carbocycles. The maximum Gasteiger partial charge on any atom is 0.326 e. The summed E-state index contributed by atoms with van der Waals surface area (Å²) in [7, 11) is 1.59. The molecule has 0 radical (unpaired) electrons. The number of aromatic nitrogens is 2. The highest BCUT2D eigenvalue weighted by Crippen LogP contribution is 2.40. The van der Waals surface area contributed by atoms with Crippen LogP contribution < -0.4 is 15.0 Å². The van der Waals surface area contributed by atoms with Crippen LogP contribution in [-0.2, 0) is 0 Å². The molecule has 1 atom stereocenters. The first-order valence-corrected chi connectivity index (χ1v) is 11.5. The van der Waals surface area contributed by atoms with Crippen molar-refractivity contribution in [1.82, 2.24) is 15.5 Å². The molecule has 0 spiro atoms. The molecule has 36 heavy (non-hydrogen) atoms. The number of aryl methyl sites for hydroxylation is 2. The zero-order chi connectivity index (χ0) is 25.4. The molecule has 1 aliphatic heterocycles.